The number of para-hydroxylation sites is 6. The van der Waals surface area contributed by atoms with Crippen LogP contribution >= 0.6 is 45.3 Å². The number of nitrogens with two attached hydrogens (primary N) is 1. The van der Waals surface area contributed by atoms with Gasteiger partial charge in [0.25, 0.3) is 17.5 Å². The lowest BCUT2D eigenvalue weighted by molar-refractivity contribution is -0.384. The number of nitrogen functional groups attached to an aromatic ring is 1. The van der Waals surface area contributed by atoms with Crippen molar-refractivity contribution >= 4 is 91.3 Å². The van der Waals surface area contributed by atoms with Crippen LogP contribution in [0.5, 0.6) is 0 Å². The Morgan fingerprint density at radius 1 is 0.581 bits per heavy atom. The maximum atomic E-state index is 13.7. The molecular formula is C46H38N8O4S4. The van der Waals surface area contributed by atoms with Crippen molar-refractivity contribution < 1.29 is 14.5 Å². The number of carbonyl (C=O) groups excluding carboxylic acids is 2. The van der Waals surface area contributed by atoms with E-state index < -0.39 is 11.1 Å². The summed E-state index contributed by atoms with van der Waals surface area (Å²) < 4.78 is 0. The molecule has 12 nitrogen and oxygen atoms in total. The van der Waals surface area contributed by atoms with Crippen LogP contribution in [0.25, 0.3) is 21.1 Å². The number of aryl methyl sites for hydroxylation is 2. The normalized spacial score (nSPS) is 15.9. The van der Waals surface area contributed by atoms with E-state index in [9.17, 15) is 19.7 Å². The van der Waals surface area contributed by atoms with E-state index in [4.69, 9.17) is 5.73 Å². The molecule has 2 unspecified atom stereocenters. The quantitative estimate of drug-likeness (QED) is 0.0940. The summed E-state index contributed by atoms with van der Waals surface area (Å²) in [6.45, 7) is 3.97. The highest BCUT2D eigenvalue weighted by molar-refractivity contribution is 7.16. The molecule has 0 saturated carbocycles. The lowest BCUT2D eigenvalue weighted by Gasteiger charge is -2.43. The first-order valence-electron chi connectivity index (χ1n) is 19.4. The molecule has 10 rings (SSSR count). The van der Waals surface area contributed by atoms with E-state index in [1.165, 1.54) is 22.3 Å². The molecule has 2 aliphatic heterocycles. The molecule has 0 bridgehead atoms. The van der Waals surface area contributed by atoms with Crippen LogP contribution in [0.1, 0.15) is 52.8 Å². The molecule has 0 fully saturated rings. The predicted octanol–water partition coefficient (Wildman–Crippen LogP) is 11.4. The molecule has 2 amide bonds. The molecule has 2 atom stereocenters. The number of anilines is 5. The van der Waals surface area contributed by atoms with E-state index in [1.54, 1.807) is 69.2 Å². The summed E-state index contributed by atoms with van der Waals surface area (Å²) in [5.74, 6) is -0.316. The number of rotatable bonds is 7. The average molecular weight is 895 g/mol. The van der Waals surface area contributed by atoms with Crippen LogP contribution in [0.15, 0.2) is 132 Å². The lowest BCUT2D eigenvalue weighted by Crippen LogP contribution is -2.48. The highest BCUT2D eigenvalue weighted by Crippen LogP contribution is 2.47. The number of thiazole rings is 2. The first kappa shape index (κ1) is 40.7. The number of nitro groups is 1. The van der Waals surface area contributed by atoms with Gasteiger partial charge >= 0.3 is 0 Å². The Labute approximate surface area is 373 Å². The van der Waals surface area contributed by atoms with E-state index in [0.29, 0.717) is 22.5 Å². The zero-order valence-corrected chi connectivity index (χ0v) is 37.1. The van der Waals surface area contributed by atoms with Gasteiger partial charge in [-0.15, -0.1) is 45.3 Å². The third-order valence-corrected chi connectivity index (χ3v) is 14.6. The predicted molar refractivity (Wildman–Crippen MR) is 253 cm³/mol. The van der Waals surface area contributed by atoms with Crippen molar-refractivity contribution in [2.24, 2.45) is 0 Å². The van der Waals surface area contributed by atoms with Crippen molar-refractivity contribution in [1.29, 1.82) is 0 Å². The Morgan fingerprint density at radius 3 is 1.45 bits per heavy atom. The third kappa shape index (κ3) is 7.30. The molecule has 2 N–H and O–H groups in total. The summed E-state index contributed by atoms with van der Waals surface area (Å²) in [7, 11) is 3.93. The second kappa shape index (κ2) is 16.6. The van der Waals surface area contributed by atoms with Crippen molar-refractivity contribution in [2.75, 3.05) is 39.4 Å². The maximum Gasteiger partial charge on any atom is 0.293 e. The molecule has 0 radical (unpaired) electrons. The molecular weight excluding hydrogens is 857 g/mol. The number of thiophene rings is 2. The zero-order chi connectivity index (χ0) is 43.2. The Hall–Kier alpha value is -6.72. The van der Waals surface area contributed by atoms with E-state index in [-0.39, 0.29) is 29.4 Å². The van der Waals surface area contributed by atoms with Crippen molar-refractivity contribution in [3.63, 3.8) is 0 Å². The Balaban J connectivity index is 0.000000158. The number of amides is 2. The van der Waals surface area contributed by atoms with Crippen LogP contribution in [-0.4, -0.2) is 40.8 Å². The minimum absolute atomic E-state index is 0.0500. The Bertz CT molecular complexity index is 2990. The first-order chi connectivity index (χ1) is 30.0. The van der Waals surface area contributed by atoms with Gasteiger partial charge in [-0.05, 0) is 80.6 Å². The van der Waals surface area contributed by atoms with E-state index in [2.05, 4.69) is 32.4 Å². The number of aromatic nitrogens is 2. The standard InChI is InChI=1S/C23H18N4O3S2.C23H20N4OS2/c1-14-24-16(13-31-14)20-11-12-21(32-20)22-25(2)17-8-4-3-7-15(17)23(28)26(22)18-9-5-6-10-19(18)27(29)30;1-14-25-17(13-29-14)20-11-12-21(30-20)22-26(2)18-9-5-3-7-15(18)23(28)27(22)19-10-6-4-8-16(19)24/h3-13,22H,1-2H3;3-13,22H,24H2,1-2H3. The second-order valence-electron chi connectivity index (χ2n) is 14.6. The van der Waals surface area contributed by atoms with Gasteiger partial charge in [-0.1, -0.05) is 48.5 Å². The van der Waals surface area contributed by atoms with Gasteiger partial charge in [-0.3, -0.25) is 29.5 Å². The molecule has 6 heterocycles. The number of carbonyl (C=O) groups is 2. The third-order valence-electron chi connectivity index (χ3n) is 10.7. The summed E-state index contributed by atoms with van der Waals surface area (Å²) in [4.78, 5) is 59.3. The van der Waals surface area contributed by atoms with Gasteiger partial charge in [-0.2, -0.15) is 0 Å². The highest BCUT2D eigenvalue weighted by Gasteiger charge is 2.42. The number of nitro benzene ring substituents is 1. The Morgan fingerprint density at radius 2 is 1.00 bits per heavy atom. The van der Waals surface area contributed by atoms with Crippen LogP contribution in [0, 0.1) is 24.0 Å². The van der Waals surface area contributed by atoms with Crippen LogP contribution < -0.4 is 25.3 Å². The van der Waals surface area contributed by atoms with Gasteiger partial charge in [0.1, 0.15) is 18.0 Å². The lowest BCUT2D eigenvalue weighted by atomic mass is 10.0. The van der Waals surface area contributed by atoms with Crippen molar-refractivity contribution in [2.45, 2.75) is 26.2 Å². The summed E-state index contributed by atoms with van der Waals surface area (Å²) in [6, 6.07) is 37.1. The fraction of sp³-hybridized carbons (Fsp3) is 0.130. The topological polar surface area (TPSA) is 142 Å². The molecule has 16 heteroatoms. The van der Waals surface area contributed by atoms with E-state index in [0.717, 1.165) is 52.3 Å². The molecule has 0 saturated heterocycles. The average Bonchev–Trinajstić information content (AvgIpc) is 4.13. The smallest absolute Gasteiger partial charge is 0.293 e. The summed E-state index contributed by atoms with van der Waals surface area (Å²) in [5, 5.41) is 17.9. The maximum absolute atomic E-state index is 13.7. The van der Waals surface area contributed by atoms with Crippen molar-refractivity contribution in [1.82, 2.24) is 9.97 Å². The van der Waals surface area contributed by atoms with Gasteiger partial charge in [0.05, 0.1) is 70.0 Å². The minimum Gasteiger partial charge on any atom is -0.397 e. The number of hydrogen-bond donors (Lipinski definition) is 1. The summed E-state index contributed by atoms with van der Waals surface area (Å²) >= 11 is 6.42. The van der Waals surface area contributed by atoms with Gasteiger partial charge in [-0.25, -0.2) is 9.97 Å². The molecule has 310 valence electrons. The SMILES string of the molecule is Cc1nc(-c2ccc(C3N(C)c4ccccc4C(=O)N3c3ccccc3N)s2)cs1.Cc1nc(-c2ccc(C3N(C)c4ccccc4C(=O)N3c3ccccc3[N+](=O)[O-])s2)cs1. The van der Waals surface area contributed by atoms with Crippen LogP contribution in [0.3, 0.4) is 0 Å². The highest BCUT2D eigenvalue weighted by atomic mass is 32.1. The van der Waals surface area contributed by atoms with Crippen LogP contribution in [-0.2, 0) is 0 Å². The molecule has 0 spiro atoms. The largest absolute Gasteiger partial charge is 0.397 e. The zero-order valence-electron chi connectivity index (χ0n) is 33.8. The number of nitrogens with zero attached hydrogens (tertiary/aromatic N) is 7. The van der Waals surface area contributed by atoms with Crippen molar-refractivity contribution in [3.05, 3.63) is 173 Å². The number of benzene rings is 4. The van der Waals surface area contributed by atoms with E-state index in [1.807, 2.05) is 111 Å². The van der Waals surface area contributed by atoms with Gasteiger partial charge in [0.2, 0.25) is 0 Å². The fourth-order valence-electron chi connectivity index (χ4n) is 7.88. The second-order valence-corrected chi connectivity index (χ2v) is 18.9. The van der Waals surface area contributed by atoms with Crippen molar-refractivity contribution in [3.8, 4) is 21.1 Å². The van der Waals surface area contributed by atoms with Gasteiger partial charge in [0.15, 0.2) is 0 Å². The first-order valence-corrected chi connectivity index (χ1v) is 22.8. The van der Waals surface area contributed by atoms with Gasteiger partial charge in [0, 0.05) is 40.7 Å². The molecule has 8 aromatic rings. The molecule has 62 heavy (non-hydrogen) atoms. The van der Waals surface area contributed by atoms with Gasteiger partial charge < -0.3 is 15.5 Å². The summed E-state index contributed by atoms with van der Waals surface area (Å²) in [6.07, 6.45) is -0.826. The van der Waals surface area contributed by atoms with Crippen LogP contribution in [0.2, 0.25) is 0 Å². The number of fused-ring (bicyclic) bond motifs is 2. The summed E-state index contributed by atoms with van der Waals surface area (Å²) in [5.41, 5.74) is 12.5. The Kier molecular flexibility index (Phi) is 10.9. The molecule has 4 aromatic heterocycles. The van der Waals surface area contributed by atoms with E-state index >= 15 is 0 Å². The monoisotopic (exact) mass is 894 g/mol. The minimum atomic E-state index is -0.531. The molecule has 4 aromatic carbocycles. The number of hydrogen-bond acceptors (Lipinski definition) is 13. The van der Waals surface area contributed by atoms with Crippen LogP contribution in [0.4, 0.5) is 34.1 Å². The molecule has 2 aliphatic rings. The fourth-order valence-corrected chi connectivity index (χ4v) is 11.5. The molecule has 0 aliphatic carbocycles.